The zero-order valence-electron chi connectivity index (χ0n) is 11.2. The Kier molecular flexibility index (Phi) is 7.65. The fraction of sp³-hybridized carbons (Fsp3) is 0.818. The summed E-state index contributed by atoms with van der Waals surface area (Å²) in [4.78, 5) is 7.12. The van der Waals surface area contributed by atoms with Crippen molar-refractivity contribution in [3.05, 3.63) is 0 Å². The zero-order chi connectivity index (χ0) is 13.9. The van der Waals surface area contributed by atoms with Gasteiger partial charge in [-0.15, -0.1) is 0 Å². The molecule has 0 saturated carbocycles. The van der Waals surface area contributed by atoms with E-state index in [4.69, 9.17) is 15.9 Å². The average molecular weight is 268 g/mol. The van der Waals surface area contributed by atoms with Crippen LogP contribution in [0.2, 0.25) is 0 Å². The molecule has 0 aromatic rings. The number of nitrogens with zero attached hydrogens (tertiary/aromatic N) is 4. The number of hydrogen-bond acceptors (Lipinski definition) is 6. The number of hydrogen-bond donors (Lipinski definition) is 3. The van der Waals surface area contributed by atoms with E-state index in [-0.39, 0.29) is 12.1 Å². The molecule has 1 fully saturated rings. The Morgan fingerprint density at radius 2 is 2.47 bits per heavy atom. The molecule has 1 aliphatic heterocycles. The van der Waals surface area contributed by atoms with Gasteiger partial charge in [-0.25, -0.2) is 0 Å². The normalized spacial score (nSPS) is 25.1. The highest BCUT2D eigenvalue weighted by molar-refractivity contribution is 5.46. The minimum atomic E-state index is -0.0101. The maximum atomic E-state index is 9.14. The van der Waals surface area contributed by atoms with Crippen molar-refractivity contribution in [3.8, 4) is 6.07 Å². The molecule has 1 saturated heterocycles. The molecule has 0 aliphatic carbocycles. The smallest absolute Gasteiger partial charge is 0.305 e. The van der Waals surface area contributed by atoms with Crippen LogP contribution in [-0.4, -0.2) is 50.1 Å². The molecule has 0 aromatic heterocycles. The van der Waals surface area contributed by atoms with E-state index in [9.17, 15) is 0 Å². The molecule has 0 bridgehead atoms. The van der Waals surface area contributed by atoms with E-state index < -0.39 is 0 Å². The Bertz CT molecular complexity index is 338. The molecule has 1 heterocycles. The first-order valence-corrected chi connectivity index (χ1v) is 6.38. The van der Waals surface area contributed by atoms with Crippen LogP contribution in [0.4, 0.5) is 0 Å². The third-order valence-electron chi connectivity index (χ3n) is 3.04. The van der Waals surface area contributed by atoms with Crippen molar-refractivity contribution < 1.29 is 9.94 Å². The highest BCUT2D eigenvalue weighted by Gasteiger charge is 2.27. The van der Waals surface area contributed by atoms with Crippen LogP contribution in [0.25, 0.3) is 0 Å². The van der Waals surface area contributed by atoms with Gasteiger partial charge in [-0.1, -0.05) is 5.11 Å². The van der Waals surface area contributed by atoms with Crippen LogP contribution in [0.1, 0.15) is 19.3 Å². The summed E-state index contributed by atoms with van der Waals surface area (Å²) < 4.78 is 0. The van der Waals surface area contributed by atoms with Gasteiger partial charge in [-0.2, -0.15) is 15.8 Å². The summed E-state index contributed by atoms with van der Waals surface area (Å²) in [7, 11) is 1.61. The summed E-state index contributed by atoms with van der Waals surface area (Å²) in [5.74, 6) is 5.02. The van der Waals surface area contributed by atoms with Crippen molar-refractivity contribution in [2.45, 2.75) is 31.3 Å². The van der Waals surface area contributed by atoms with Crippen LogP contribution >= 0.6 is 0 Å². The SMILES string of the molecule is CONC1CCC(C#N)N(CCCN=N/C=[NH+]\N)C1. The molecule has 1 rings (SSSR count). The lowest BCUT2D eigenvalue weighted by Crippen LogP contribution is -2.76. The van der Waals surface area contributed by atoms with Crippen LogP contribution in [0.3, 0.4) is 0 Å². The zero-order valence-corrected chi connectivity index (χ0v) is 11.2. The van der Waals surface area contributed by atoms with Crippen LogP contribution < -0.4 is 16.4 Å². The van der Waals surface area contributed by atoms with Crippen molar-refractivity contribution in [2.24, 2.45) is 16.1 Å². The van der Waals surface area contributed by atoms with Gasteiger partial charge in [-0.05, 0) is 19.3 Å². The maximum Gasteiger partial charge on any atom is 0.329 e. The van der Waals surface area contributed by atoms with Gasteiger partial charge in [0.1, 0.15) is 0 Å². The molecule has 1 aliphatic rings. The predicted octanol–water partition coefficient (Wildman–Crippen LogP) is -1.68. The fourth-order valence-electron chi connectivity index (χ4n) is 2.18. The summed E-state index contributed by atoms with van der Waals surface area (Å²) in [5, 5.41) is 19.1. The van der Waals surface area contributed by atoms with E-state index in [1.54, 1.807) is 7.11 Å². The standard InChI is InChI=1S/C11H21N7O/c1-19-17-10-3-4-11(7-12)18(8-10)6-2-5-15-16-9-14-13/h9-11,17H,2-6,8,13H2,1H3/p+1/b14-9-,16-15?. The average Bonchev–Trinajstić information content (AvgIpc) is 2.43. The lowest BCUT2D eigenvalue weighted by molar-refractivity contribution is -0.465. The van der Waals surface area contributed by atoms with E-state index in [1.165, 1.54) is 6.34 Å². The summed E-state index contributed by atoms with van der Waals surface area (Å²) >= 11 is 0. The Morgan fingerprint density at radius 1 is 1.63 bits per heavy atom. The first kappa shape index (κ1) is 15.5. The number of nitrogens with one attached hydrogen (secondary N) is 2. The van der Waals surface area contributed by atoms with Gasteiger partial charge < -0.3 is 4.84 Å². The van der Waals surface area contributed by atoms with E-state index >= 15 is 0 Å². The van der Waals surface area contributed by atoms with Crippen molar-refractivity contribution >= 4 is 6.34 Å². The molecule has 0 radical (unpaired) electrons. The van der Waals surface area contributed by atoms with E-state index in [0.717, 1.165) is 32.4 Å². The Labute approximate surface area is 113 Å². The van der Waals surface area contributed by atoms with Gasteiger partial charge >= 0.3 is 6.34 Å². The third kappa shape index (κ3) is 5.74. The number of piperidine rings is 1. The van der Waals surface area contributed by atoms with Crippen molar-refractivity contribution in [2.75, 3.05) is 26.7 Å². The lowest BCUT2D eigenvalue weighted by atomic mass is 9.99. The van der Waals surface area contributed by atoms with E-state index in [0.29, 0.717) is 6.54 Å². The minimum absolute atomic E-state index is 0.0101. The minimum Gasteiger partial charge on any atom is -0.305 e. The summed E-state index contributed by atoms with van der Waals surface area (Å²) in [6.07, 6.45) is 4.01. The van der Waals surface area contributed by atoms with Crippen molar-refractivity contribution in [3.63, 3.8) is 0 Å². The van der Waals surface area contributed by atoms with E-state index in [2.05, 4.69) is 31.8 Å². The first-order valence-electron chi connectivity index (χ1n) is 6.38. The second-order valence-electron chi connectivity index (χ2n) is 4.37. The molecule has 2 atom stereocenters. The Morgan fingerprint density at radius 3 is 3.16 bits per heavy atom. The Hall–Kier alpha value is -1.56. The number of rotatable bonds is 7. The predicted molar refractivity (Wildman–Crippen MR) is 69.7 cm³/mol. The quantitative estimate of drug-likeness (QED) is 0.127. The molecular weight excluding hydrogens is 246 g/mol. The Balaban J connectivity index is 2.33. The summed E-state index contributed by atoms with van der Waals surface area (Å²) in [6.45, 7) is 2.27. The fourth-order valence-corrected chi connectivity index (χ4v) is 2.18. The molecular formula is C11H22N7O+. The molecule has 0 spiro atoms. The number of hydrazone groups is 1. The van der Waals surface area contributed by atoms with Crippen molar-refractivity contribution in [1.82, 2.24) is 10.4 Å². The summed E-state index contributed by atoms with van der Waals surface area (Å²) in [5.41, 5.74) is 2.96. The molecule has 2 unspecified atom stereocenters. The van der Waals surface area contributed by atoms with Gasteiger partial charge in [0, 0.05) is 19.1 Å². The van der Waals surface area contributed by atoms with Gasteiger partial charge in [0.2, 0.25) is 0 Å². The lowest BCUT2D eigenvalue weighted by Gasteiger charge is -2.35. The number of hydrazine groups is 1. The van der Waals surface area contributed by atoms with Crippen LogP contribution in [-0.2, 0) is 4.84 Å². The number of azo groups is 1. The molecule has 106 valence electrons. The number of nitrogens with two attached hydrogens (primary N) is 1. The second kappa shape index (κ2) is 9.38. The molecule has 8 nitrogen and oxygen atoms in total. The van der Waals surface area contributed by atoms with Crippen LogP contribution in [0.5, 0.6) is 0 Å². The molecule has 4 N–H and O–H groups in total. The van der Waals surface area contributed by atoms with Crippen LogP contribution in [0, 0.1) is 11.3 Å². The van der Waals surface area contributed by atoms with Crippen molar-refractivity contribution in [1.29, 1.82) is 5.26 Å². The van der Waals surface area contributed by atoms with Gasteiger partial charge in [-0.3, -0.25) is 10.7 Å². The number of nitriles is 1. The molecule has 0 aromatic carbocycles. The van der Waals surface area contributed by atoms with Crippen LogP contribution in [0.15, 0.2) is 10.2 Å². The molecule has 8 heteroatoms. The van der Waals surface area contributed by atoms with E-state index in [1.807, 2.05) is 0 Å². The highest BCUT2D eigenvalue weighted by atomic mass is 16.6. The molecule has 0 amide bonds. The van der Waals surface area contributed by atoms with Gasteiger partial charge in [0.25, 0.3) is 0 Å². The monoisotopic (exact) mass is 268 g/mol. The topological polar surface area (TPSA) is 113 Å². The third-order valence-corrected chi connectivity index (χ3v) is 3.04. The number of hydroxylamine groups is 1. The maximum absolute atomic E-state index is 9.14. The first-order chi connectivity index (χ1) is 9.31. The highest BCUT2D eigenvalue weighted by Crippen LogP contribution is 2.17. The largest absolute Gasteiger partial charge is 0.329 e. The summed E-state index contributed by atoms with van der Waals surface area (Å²) in [6, 6.07) is 2.62. The van der Waals surface area contributed by atoms with Gasteiger partial charge in [0.05, 0.1) is 30.9 Å². The number of likely N-dealkylation sites (tertiary alicyclic amines) is 1. The second-order valence-corrected chi connectivity index (χ2v) is 4.37. The molecule has 19 heavy (non-hydrogen) atoms. The van der Waals surface area contributed by atoms with Gasteiger partial charge in [0.15, 0.2) is 0 Å².